The molecule has 3 N–H and O–H groups in total. The maximum Gasteiger partial charge on any atom is 0.167 e. The zero-order valence-electron chi connectivity index (χ0n) is 7.54. The van der Waals surface area contributed by atoms with Gasteiger partial charge in [-0.25, -0.2) is 0 Å². The fourth-order valence-electron chi connectivity index (χ4n) is 1.08. The van der Waals surface area contributed by atoms with E-state index in [9.17, 15) is 0 Å². The zero-order valence-corrected chi connectivity index (χ0v) is 7.54. The highest BCUT2D eigenvalue weighted by Gasteiger charge is 2.15. The summed E-state index contributed by atoms with van der Waals surface area (Å²) in [6.07, 6.45) is -0.441. The number of aliphatic hydroxyl groups excluding tert-OH is 1. The average molecular weight is 161 g/mol. The minimum atomic E-state index is -1.24. The average Bonchev–Trinajstić information content (AvgIpc) is 1.86. The van der Waals surface area contributed by atoms with Crippen molar-refractivity contribution < 1.29 is 10.2 Å². The first-order valence-corrected chi connectivity index (χ1v) is 4.17. The van der Waals surface area contributed by atoms with Crippen LogP contribution in [0.15, 0.2) is 0 Å². The molecule has 0 aliphatic rings. The summed E-state index contributed by atoms with van der Waals surface area (Å²) in [5.74, 6) is 0.487. The molecule has 0 rings (SSSR count). The van der Waals surface area contributed by atoms with Crippen molar-refractivity contribution in [1.29, 1.82) is 0 Å². The zero-order chi connectivity index (χ0) is 8.85. The van der Waals surface area contributed by atoms with Crippen LogP contribution in [0.3, 0.4) is 0 Å². The quantitative estimate of drug-likeness (QED) is 0.509. The van der Waals surface area contributed by atoms with E-state index in [4.69, 9.17) is 10.2 Å². The highest BCUT2D eigenvalue weighted by atomic mass is 16.5. The van der Waals surface area contributed by atoms with Gasteiger partial charge in [0.1, 0.15) is 0 Å². The first-order valence-electron chi connectivity index (χ1n) is 4.17. The first-order chi connectivity index (χ1) is 5.07. The lowest BCUT2D eigenvalue weighted by atomic mass is 10.0. The van der Waals surface area contributed by atoms with Gasteiger partial charge in [-0.3, -0.25) is 0 Å². The van der Waals surface area contributed by atoms with Crippen molar-refractivity contribution in [2.75, 3.05) is 6.54 Å². The lowest BCUT2D eigenvalue weighted by molar-refractivity contribution is -0.0707. The summed E-state index contributed by atoms with van der Waals surface area (Å²) in [7, 11) is 0. The van der Waals surface area contributed by atoms with Crippen LogP contribution < -0.4 is 5.32 Å². The van der Waals surface area contributed by atoms with Crippen LogP contribution in [-0.2, 0) is 0 Å². The number of aliphatic hydroxyl groups is 2. The minimum Gasteiger partial charge on any atom is -0.367 e. The Kier molecular flexibility index (Phi) is 5.46. The predicted octanol–water partition coefficient (Wildman–Crippen LogP) is 0.321. The molecule has 68 valence electrons. The third kappa shape index (κ3) is 5.18. The summed E-state index contributed by atoms with van der Waals surface area (Å²) in [6.45, 7) is 6.85. The van der Waals surface area contributed by atoms with Gasteiger partial charge in [0, 0.05) is 0 Å². The topological polar surface area (TPSA) is 52.5 Å². The Bertz CT molecular complexity index is 94.1. The minimum absolute atomic E-state index is 0.181. The van der Waals surface area contributed by atoms with Gasteiger partial charge in [-0.15, -0.1) is 0 Å². The summed E-state index contributed by atoms with van der Waals surface area (Å²) >= 11 is 0. The van der Waals surface area contributed by atoms with E-state index in [0.717, 1.165) is 13.0 Å². The molecule has 3 heteroatoms. The van der Waals surface area contributed by atoms with Crippen LogP contribution in [0.5, 0.6) is 0 Å². The molecule has 0 aromatic heterocycles. The Labute approximate surface area is 68.4 Å². The largest absolute Gasteiger partial charge is 0.367 e. The highest BCUT2D eigenvalue weighted by molar-refractivity contribution is 4.69. The van der Waals surface area contributed by atoms with Crippen molar-refractivity contribution in [3.8, 4) is 0 Å². The molecular weight excluding hydrogens is 142 g/mol. The van der Waals surface area contributed by atoms with E-state index in [1.165, 1.54) is 0 Å². The van der Waals surface area contributed by atoms with Crippen molar-refractivity contribution in [3.05, 3.63) is 0 Å². The molecule has 3 nitrogen and oxygen atoms in total. The smallest absolute Gasteiger partial charge is 0.167 e. The lowest BCUT2D eigenvalue weighted by Crippen LogP contribution is -2.40. The van der Waals surface area contributed by atoms with Gasteiger partial charge in [-0.1, -0.05) is 20.8 Å². The summed E-state index contributed by atoms with van der Waals surface area (Å²) in [5.41, 5.74) is 0. The molecule has 0 fully saturated rings. The molecular formula is C8H19NO2. The molecule has 0 aliphatic carbocycles. The molecule has 0 aromatic rings. The molecule has 0 heterocycles. The van der Waals surface area contributed by atoms with E-state index in [0.29, 0.717) is 5.92 Å². The summed E-state index contributed by atoms with van der Waals surface area (Å²) < 4.78 is 0. The van der Waals surface area contributed by atoms with Crippen LogP contribution in [0.4, 0.5) is 0 Å². The van der Waals surface area contributed by atoms with E-state index in [2.05, 4.69) is 19.2 Å². The van der Waals surface area contributed by atoms with Crippen molar-refractivity contribution in [3.63, 3.8) is 0 Å². The van der Waals surface area contributed by atoms with Crippen molar-refractivity contribution in [2.24, 2.45) is 5.92 Å². The Morgan fingerprint density at radius 3 is 2.09 bits per heavy atom. The van der Waals surface area contributed by atoms with Crippen LogP contribution in [0.25, 0.3) is 0 Å². The number of rotatable bonds is 5. The number of hydrogen-bond donors (Lipinski definition) is 3. The summed E-state index contributed by atoms with van der Waals surface area (Å²) in [5, 5.41) is 20.8. The van der Waals surface area contributed by atoms with E-state index in [1.54, 1.807) is 0 Å². The van der Waals surface area contributed by atoms with Gasteiger partial charge < -0.3 is 15.5 Å². The Morgan fingerprint density at radius 1 is 1.27 bits per heavy atom. The molecule has 1 unspecified atom stereocenters. The van der Waals surface area contributed by atoms with E-state index in [1.807, 2.05) is 6.92 Å². The maximum absolute atomic E-state index is 8.89. The highest BCUT2D eigenvalue weighted by Crippen LogP contribution is 2.06. The number of hydrogen-bond acceptors (Lipinski definition) is 3. The SMILES string of the molecule is CCNC(CC(C)C)C(O)O. The van der Waals surface area contributed by atoms with Gasteiger partial charge >= 0.3 is 0 Å². The van der Waals surface area contributed by atoms with Crippen LogP contribution in [0.2, 0.25) is 0 Å². The normalized spacial score (nSPS) is 14.5. The molecule has 0 aliphatic heterocycles. The van der Waals surface area contributed by atoms with E-state index in [-0.39, 0.29) is 6.04 Å². The van der Waals surface area contributed by atoms with Gasteiger partial charge in [0.05, 0.1) is 6.04 Å². The van der Waals surface area contributed by atoms with Crippen molar-refractivity contribution in [1.82, 2.24) is 5.32 Å². The summed E-state index contributed by atoms with van der Waals surface area (Å²) in [4.78, 5) is 0. The lowest BCUT2D eigenvalue weighted by Gasteiger charge is -2.21. The first kappa shape index (κ1) is 10.9. The fourth-order valence-corrected chi connectivity index (χ4v) is 1.08. The monoisotopic (exact) mass is 161 g/mol. The molecule has 0 bridgehead atoms. The molecule has 0 aromatic carbocycles. The Balaban J connectivity index is 3.69. The van der Waals surface area contributed by atoms with Crippen molar-refractivity contribution >= 4 is 0 Å². The van der Waals surface area contributed by atoms with Gasteiger partial charge in [-0.2, -0.15) is 0 Å². The van der Waals surface area contributed by atoms with Crippen molar-refractivity contribution in [2.45, 2.75) is 39.5 Å². The van der Waals surface area contributed by atoms with Crippen LogP contribution in [-0.4, -0.2) is 29.1 Å². The second-order valence-corrected chi connectivity index (χ2v) is 3.21. The standard InChI is InChI=1S/C8H19NO2/c1-4-9-7(8(10)11)5-6(2)3/h6-11H,4-5H2,1-3H3. The molecule has 0 amide bonds. The summed E-state index contributed by atoms with van der Waals surface area (Å²) in [6, 6.07) is -0.181. The van der Waals surface area contributed by atoms with Gasteiger partial charge in [0.25, 0.3) is 0 Å². The van der Waals surface area contributed by atoms with Crippen LogP contribution in [0, 0.1) is 5.92 Å². The second kappa shape index (κ2) is 5.52. The molecule has 1 atom stereocenters. The number of nitrogens with one attached hydrogen (secondary N) is 1. The third-order valence-corrected chi connectivity index (χ3v) is 1.55. The van der Waals surface area contributed by atoms with Crippen LogP contribution in [0.1, 0.15) is 27.2 Å². The van der Waals surface area contributed by atoms with E-state index < -0.39 is 6.29 Å². The third-order valence-electron chi connectivity index (χ3n) is 1.55. The molecule has 0 saturated heterocycles. The van der Waals surface area contributed by atoms with Gasteiger partial charge in [-0.05, 0) is 18.9 Å². The second-order valence-electron chi connectivity index (χ2n) is 3.21. The number of likely N-dealkylation sites (N-methyl/N-ethyl adjacent to an activating group) is 1. The molecule has 0 spiro atoms. The Morgan fingerprint density at radius 2 is 1.82 bits per heavy atom. The predicted molar refractivity (Wildman–Crippen MR) is 45.1 cm³/mol. The molecule has 0 radical (unpaired) electrons. The molecule has 11 heavy (non-hydrogen) atoms. The van der Waals surface area contributed by atoms with E-state index >= 15 is 0 Å². The van der Waals surface area contributed by atoms with Crippen LogP contribution >= 0.6 is 0 Å². The fraction of sp³-hybridized carbons (Fsp3) is 1.00. The Hall–Kier alpha value is -0.120. The maximum atomic E-state index is 8.89. The van der Waals surface area contributed by atoms with Gasteiger partial charge in [0.2, 0.25) is 0 Å². The van der Waals surface area contributed by atoms with Gasteiger partial charge in [0.15, 0.2) is 6.29 Å². The molecule has 0 saturated carbocycles.